The molecular weight excluding hydrogens is 287 g/mol. The molecule has 0 saturated heterocycles. The molecule has 21 heavy (non-hydrogen) atoms. The van der Waals surface area contributed by atoms with Gasteiger partial charge in [-0.2, -0.15) is 0 Å². The average Bonchev–Trinajstić information content (AvgIpc) is 3.25. The van der Waals surface area contributed by atoms with Crippen molar-refractivity contribution in [3.05, 3.63) is 36.1 Å². The van der Waals surface area contributed by atoms with Gasteiger partial charge in [-0.25, -0.2) is 4.39 Å². The lowest BCUT2D eigenvalue weighted by molar-refractivity contribution is 0.300. The van der Waals surface area contributed by atoms with Gasteiger partial charge in [-0.15, -0.1) is 11.3 Å². The second kappa shape index (κ2) is 4.88. The molecule has 1 aliphatic rings. The molecule has 1 saturated carbocycles. The minimum absolute atomic E-state index is 0.281. The predicted octanol–water partition coefficient (Wildman–Crippen LogP) is 4.99. The highest BCUT2D eigenvalue weighted by Crippen LogP contribution is 2.40. The van der Waals surface area contributed by atoms with Crippen molar-refractivity contribution in [2.24, 2.45) is 5.92 Å². The Balaban J connectivity index is 1.79. The van der Waals surface area contributed by atoms with E-state index < -0.39 is 0 Å². The van der Waals surface area contributed by atoms with Crippen molar-refractivity contribution in [2.45, 2.75) is 12.8 Å². The summed E-state index contributed by atoms with van der Waals surface area (Å²) in [6.45, 7) is 0.790. The van der Waals surface area contributed by atoms with Crippen molar-refractivity contribution in [3.8, 4) is 11.5 Å². The second-order valence-electron chi connectivity index (χ2n) is 5.47. The molecule has 0 amide bonds. The topological polar surface area (TPSA) is 18.5 Å². The summed E-state index contributed by atoms with van der Waals surface area (Å²) in [4.78, 5) is 0. The van der Waals surface area contributed by atoms with Crippen LogP contribution in [0.4, 0.5) is 4.39 Å². The van der Waals surface area contributed by atoms with Gasteiger partial charge in [-0.05, 0) is 49.1 Å². The highest BCUT2D eigenvalue weighted by Gasteiger charge is 2.22. The summed E-state index contributed by atoms with van der Waals surface area (Å²) < 4.78 is 26.9. The molecule has 1 aliphatic carbocycles. The van der Waals surface area contributed by atoms with E-state index in [1.165, 1.54) is 31.3 Å². The van der Waals surface area contributed by atoms with Gasteiger partial charge in [0.1, 0.15) is 5.75 Å². The van der Waals surface area contributed by atoms with Gasteiger partial charge in [-0.3, -0.25) is 0 Å². The third-order valence-corrected chi connectivity index (χ3v) is 5.08. The van der Waals surface area contributed by atoms with E-state index in [0.717, 1.165) is 33.7 Å². The summed E-state index contributed by atoms with van der Waals surface area (Å²) in [5.41, 5.74) is 0. The Labute approximate surface area is 126 Å². The third-order valence-electron chi connectivity index (χ3n) is 3.92. The van der Waals surface area contributed by atoms with Gasteiger partial charge >= 0.3 is 0 Å². The molecule has 0 bridgehead atoms. The molecule has 0 atom stereocenters. The van der Waals surface area contributed by atoms with E-state index in [2.05, 4.69) is 0 Å². The van der Waals surface area contributed by atoms with E-state index in [0.29, 0.717) is 10.4 Å². The number of thiophene rings is 1. The normalized spacial score (nSPS) is 14.8. The molecule has 0 unspecified atom stereocenters. The van der Waals surface area contributed by atoms with Crippen LogP contribution in [0.15, 0.2) is 30.3 Å². The van der Waals surface area contributed by atoms with Crippen LogP contribution in [0.2, 0.25) is 0 Å². The number of halogens is 1. The quantitative estimate of drug-likeness (QED) is 0.676. The molecule has 4 rings (SSSR count). The van der Waals surface area contributed by atoms with E-state index in [-0.39, 0.29) is 5.82 Å². The van der Waals surface area contributed by atoms with Gasteiger partial charge < -0.3 is 9.47 Å². The number of hydrogen-bond donors (Lipinski definition) is 0. The lowest BCUT2D eigenvalue weighted by Crippen LogP contribution is -1.98. The first-order valence-corrected chi connectivity index (χ1v) is 7.89. The monoisotopic (exact) mass is 302 g/mol. The van der Waals surface area contributed by atoms with Crippen LogP contribution in [0.1, 0.15) is 12.8 Å². The fourth-order valence-electron chi connectivity index (χ4n) is 2.52. The number of benzene rings is 2. The van der Waals surface area contributed by atoms with Crippen LogP contribution < -0.4 is 9.47 Å². The van der Waals surface area contributed by atoms with Crippen LogP contribution in [0, 0.1) is 11.7 Å². The minimum atomic E-state index is -0.281. The average molecular weight is 302 g/mol. The van der Waals surface area contributed by atoms with Crippen LogP contribution >= 0.6 is 11.3 Å². The van der Waals surface area contributed by atoms with E-state index in [1.807, 2.05) is 24.3 Å². The second-order valence-corrected chi connectivity index (χ2v) is 6.53. The maximum absolute atomic E-state index is 14.3. The molecular formula is C17H15FO2S. The third kappa shape index (κ3) is 2.23. The molecule has 108 valence electrons. The summed E-state index contributed by atoms with van der Waals surface area (Å²) in [7, 11) is 1.49. The SMILES string of the molecule is COc1ccc2c(sc3cc(OCC4CC4)ccc32)c1F. The van der Waals surface area contributed by atoms with E-state index in [9.17, 15) is 4.39 Å². The summed E-state index contributed by atoms with van der Waals surface area (Å²) in [5, 5.41) is 2.00. The van der Waals surface area contributed by atoms with Gasteiger partial charge in [0.25, 0.3) is 0 Å². The molecule has 3 aromatic rings. The zero-order valence-corrected chi connectivity index (χ0v) is 12.5. The van der Waals surface area contributed by atoms with Crippen molar-refractivity contribution < 1.29 is 13.9 Å². The van der Waals surface area contributed by atoms with Crippen LogP contribution in [0.5, 0.6) is 11.5 Å². The Morgan fingerprint density at radius 3 is 2.76 bits per heavy atom. The molecule has 1 fully saturated rings. The van der Waals surface area contributed by atoms with Gasteiger partial charge in [0.05, 0.1) is 18.4 Å². The van der Waals surface area contributed by atoms with Gasteiger partial charge in [0.2, 0.25) is 0 Å². The van der Waals surface area contributed by atoms with Crippen molar-refractivity contribution in [3.63, 3.8) is 0 Å². The maximum atomic E-state index is 14.3. The Hall–Kier alpha value is -1.81. The number of hydrogen-bond acceptors (Lipinski definition) is 3. The Morgan fingerprint density at radius 1 is 1.19 bits per heavy atom. The Kier molecular flexibility index (Phi) is 3.00. The van der Waals surface area contributed by atoms with Gasteiger partial charge in [0.15, 0.2) is 11.6 Å². The molecule has 0 aliphatic heterocycles. The first kappa shape index (κ1) is 12.9. The fraction of sp³-hybridized carbons (Fsp3) is 0.294. The van der Waals surface area contributed by atoms with Crippen molar-refractivity contribution in [1.82, 2.24) is 0 Å². The summed E-state index contributed by atoms with van der Waals surface area (Å²) >= 11 is 1.45. The van der Waals surface area contributed by atoms with E-state index in [4.69, 9.17) is 9.47 Å². The van der Waals surface area contributed by atoms with Crippen LogP contribution in [-0.4, -0.2) is 13.7 Å². The zero-order chi connectivity index (χ0) is 14.4. The lowest BCUT2D eigenvalue weighted by atomic mass is 10.1. The molecule has 1 heterocycles. The highest BCUT2D eigenvalue weighted by atomic mass is 32.1. The molecule has 2 aromatic carbocycles. The van der Waals surface area contributed by atoms with Crippen molar-refractivity contribution in [1.29, 1.82) is 0 Å². The first-order chi connectivity index (χ1) is 10.3. The number of rotatable bonds is 4. The maximum Gasteiger partial charge on any atom is 0.182 e. The lowest BCUT2D eigenvalue weighted by Gasteiger charge is -2.04. The van der Waals surface area contributed by atoms with Crippen molar-refractivity contribution in [2.75, 3.05) is 13.7 Å². The largest absolute Gasteiger partial charge is 0.494 e. The van der Waals surface area contributed by atoms with Crippen LogP contribution in [0.3, 0.4) is 0 Å². The summed E-state index contributed by atoms with van der Waals surface area (Å²) in [6, 6.07) is 9.59. The Morgan fingerprint density at radius 2 is 2.00 bits per heavy atom. The number of methoxy groups -OCH3 is 1. The smallest absolute Gasteiger partial charge is 0.182 e. The van der Waals surface area contributed by atoms with Crippen LogP contribution in [-0.2, 0) is 0 Å². The number of fused-ring (bicyclic) bond motifs is 3. The fourth-order valence-corrected chi connectivity index (χ4v) is 3.68. The van der Waals surface area contributed by atoms with Gasteiger partial charge in [0, 0.05) is 15.5 Å². The summed E-state index contributed by atoms with van der Waals surface area (Å²) in [6.07, 6.45) is 2.55. The molecule has 0 N–H and O–H groups in total. The van der Waals surface area contributed by atoms with E-state index in [1.54, 1.807) is 6.07 Å². The molecule has 0 radical (unpaired) electrons. The standard InChI is InChI=1S/C17H15FO2S/c1-19-14-7-6-13-12-5-4-11(20-9-10-2-3-10)8-15(12)21-17(13)16(14)18/h4-8,10H,2-3,9H2,1H3. The number of ether oxygens (including phenoxy) is 2. The molecule has 2 nitrogen and oxygen atoms in total. The van der Waals surface area contributed by atoms with E-state index >= 15 is 0 Å². The molecule has 0 spiro atoms. The zero-order valence-electron chi connectivity index (χ0n) is 11.7. The summed E-state index contributed by atoms with van der Waals surface area (Å²) in [5.74, 6) is 1.61. The van der Waals surface area contributed by atoms with Crippen molar-refractivity contribution >= 4 is 31.5 Å². The minimum Gasteiger partial charge on any atom is -0.494 e. The highest BCUT2D eigenvalue weighted by molar-refractivity contribution is 7.25. The molecule has 1 aromatic heterocycles. The van der Waals surface area contributed by atoms with Gasteiger partial charge in [-0.1, -0.05) is 0 Å². The predicted molar refractivity (Wildman–Crippen MR) is 84.1 cm³/mol. The Bertz CT molecular complexity index is 820. The first-order valence-electron chi connectivity index (χ1n) is 7.08. The van der Waals surface area contributed by atoms with Crippen LogP contribution in [0.25, 0.3) is 20.2 Å². The molecule has 4 heteroatoms.